The first-order chi connectivity index (χ1) is 14.8. The summed E-state index contributed by atoms with van der Waals surface area (Å²) in [6.07, 6.45) is 2.85. The van der Waals surface area contributed by atoms with Gasteiger partial charge in [0.15, 0.2) is 5.78 Å². The lowest BCUT2D eigenvalue weighted by atomic mass is 10.0. The molecule has 0 fully saturated rings. The van der Waals surface area contributed by atoms with E-state index in [1.165, 1.54) is 6.08 Å². The van der Waals surface area contributed by atoms with E-state index in [-0.39, 0.29) is 11.1 Å². The molecule has 0 amide bonds. The van der Waals surface area contributed by atoms with Crippen LogP contribution < -0.4 is 10.5 Å². The second-order valence-electron chi connectivity index (χ2n) is 6.95. The Kier molecular flexibility index (Phi) is 6.50. The Morgan fingerprint density at radius 3 is 2.35 bits per heavy atom. The van der Waals surface area contributed by atoms with Gasteiger partial charge in [-0.25, -0.2) is 9.59 Å². The van der Waals surface area contributed by atoms with Gasteiger partial charge in [-0.15, -0.1) is 0 Å². The molecule has 0 saturated carbocycles. The van der Waals surface area contributed by atoms with Crippen LogP contribution in [0.15, 0.2) is 70.4 Å². The maximum Gasteiger partial charge on any atom is 0.347 e. The number of allylic oxidation sites excluding steroid dienone is 1. The van der Waals surface area contributed by atoms with Crippen molar-refractivity contribution in [1.82, 2.24) is 0 Å². The molecule has 0 atom stereocenters. The monoisotopic (exact) mass is 417 g/mol. The number of carboxylic acid groups (broad SMARTS) is 1. The third kappa shape index (κ3) is 4.80. The van der Waals surface area contributed by atoms with Crippen molar-refractivity contribution in [2.24, 2.45) is 0 Å². The number of nitrogens with zero attached hydrogens (tertiary/aromatic N) is 1. The van der Waals surface area contributed by atoms with Gasteiger partial charge in [0.2, 0.25) is 0 Å². The van der Waals surface area contributed by atoms with Crippen molar-refractivity contribution in [3.05, 3.63) is 88.3 Å². The van der Waals surface area contributed by atoms with Crippen LogP contribution in [0, 0.1) is 0 Å². The highest BCUT2D eigenvalue weighted by Gasteiger charge is 2.13. The zero-order chi connectivity index (χ0) is 22.5. The number of carbonyl (C=O) groups excluding carboxylic acids is 1. The summed E-state index contributed by atoms with van der Waals surface area (Å²) < 4.78 is 5.41. The molecule has 6 nitrogen and oxygen atoms in total. The summed E-state index contributed by atoms with van der Waals surface area (Å²) in [4.78, 5) is 38.1. The lowest BCUT2D eigenvalue weighted by Crippen LogP contribution is -2.21. The lowest BCUT2D eigenvalue weighted by molar-refractivity contribution is -0.130. The molecule has 1 N–H and O–H groups in total. The molecule has 1 aromatic heterocycles. The molecule has 0 aliphatic carbocycles. The number of hydrogen-bond acceptors (Lipinski definition) is 5. The smallest absolute Gasteiger partial charge is 0.347 e. The number of ketones is 1. The van der Waals surface area contributed by atoms with Gasteiger partial charge in [-0.2, -0.15) is 0 Å². The number of carboxylic acids is 1. The highest BCUT2D eigenvalue weighted by atomic mass is 16.4. The van der Waals surface area contributed by atoms with E-state index >= 15 is 0 Å². The van der Waals surface area contributed by atoms with Crippen LogP contribution in [0.3, 0.4) is 0 Å². The van der Waals surface area contributed by atoms with Crippen LogP contribution in [0.1, 0.15) is 35.3 Å². The highest BCUT2D eigenvalue weighted by Crippen LogP contribution is 2.22. The molecule has 0 aliphatic heterocycles. The van der Waals surface area contributed by atoms with Crippen molar-refractivity contribution >= 4 is 40.1 Å². The first-order valence-corrected chi connectivity index (χ1v) is 9.92. The van der Waals surface area contributed by atoms with E-state index in [0.29, 0.717) is 22.1 Å². The number of hydrogen-bond donors (Lipinski definition) is 1. The quantitative estimate of drug-likeness (QED) is 0.327. The number of aliphatic carboxylic acids is 1. The van der Waals surface area contributed by atoms with Crippen LogP contribution in [0.5, 0.6) is 0 Å². The Balaban J connectivity index is 1.84. The van der Waals surface area contributed by atoms with Gasteiger partial charge in [-0.3, -0.25) is 4.79 Å². The summed E-state index contributed by atoms with van der Waals surface area (Å²) in [5, 5.41) is 9.65. The molecule has 158 valence electrons. The molecule has 0 aliphatic rings. The van der Waals surface area contributed by atoms with Crippen molar-refractivity contribution in [1.29, 1.82) is 0 Å². The van der Waals surface area contributed by atoms with Gasteiger partial charge in [0, 0.05) is 30.2 Å². The summed E-state index contributed by atoms with van der Waals surface area (Å²) in [7, 11) is 0. The van der Waals surface area contributed by atoms with Gasteiger partial charge in [0.25, 0.3) is 0 Å². The van der Waals surface area contributed by atoms with Crippen molar-refractivity contribution in [3.8, 4) is 0 Å². The minimum atomic E-state index is -1.09. The van der Waals surface area contributed by atoms with Crippen LogP contribution >= 0.6 is 0 Å². The van der Waals surface area contributed by atoms with E-state index in [1.54, 1.807) is 42.5 Å². The van der Waals surface area contributed by atoms with E-state index in [2.05, 4.69) is 11.5 Å². The van der Waals surface area contributed by atoms with E-state index in [4.69, 9.17) is 9.52 Å². The summed E-state index contributed by atoms with van der Waals surface area (Å²) in [6.45, 7) is 9.27. The maximum absolute atomic E-state index is 12.6. The van der Waals surface area contributed by atoms with Crippen molar-refractivity contribution < 1.29 is 19.1 Å². The van der Waals surface area contributed by atoms with E-state index in [0.717, 1.165) is 18.8 Å². The Labute approximate surface area is 179 Å². The largest absolute Gasteiger partial charge is 0.478 e. The van der Waals surface area contributed by atoms with Crippen LogP contribution in [0.4, 0.5) is 5.69 Å². The average Bonchev–Trinajstić information content (AvgIpc) is 2.77. The molecule has 0 radical (unpaired) electrons. The fourth-order valence-corrected chi connectivity index (χ4v) is 3.24. The third-order valence-electron chi connectivity index (χ3n) is 5.06. The van der Waals surface area contributed by atoms with Gasteiger partial charge < -0.3 is 14.4 Å². The van der Waals surface area contributed by atoms with E-state index < -0.39 is 17.4 Å². The molecule has 31 heavy (non-hydrogen) atoms. The fourth-order valence-electron chi connectivity index (χ4n) is 3.24. The van der Waals surface area contributed by atoms with Crippen LogP contribution in [0.2, 0.25) is 0 Å². The molecule has 0 bridgehead atoms. The predicted molar refractivity (Wildman–Crippen MR) is 123 cm³/mol. The van der Waals surface area contributed by atoms with E-state index in [9.17, 15) is 14.4 Å². The van der Waals surface area contributed by atoms with Crippen molar-refractivity contribution in [2.75, 3.05) is 18.0 Å². The first kappa shape index (κ1) is 21.8. The highest BCUT2D eigenvalue weighted by molar-refractivity contribution is 6.14. The number of rotatable bonds is 8. The SMILES string of the molecule is C=C(C(=O)O)c1ccc(/C=C/C(=O)c2cc3ccc(N(CC)CC)cc3oc2=O)cc1. The zero-order valence-electron chi connectivity index (χ0n) is 17.4. The topological polar surface area (TPSA) is 87.8 Å². The summed E-state index contributed by atoms with van der Waals surface area (Å²) in [5.41, 5.74) is 1.81. The van der Waals surface area contributed by atoms with Gasteiger partial charge >= 0.3 is 11.6 Å². The molecule has 0 spiro atoms. The Morgan fingerprint density at radius 2 is 1.74 bits per heavy atom. The number of benzene rings is 2. The molecule has 6 heteroatoms. The van der Waals surface area contributed by atoms with Gasteiger partial charge in [0.05, 0.1) is 5.57 Å². The molecule has 0 saturated heterocycles. The molecular formula is C25H23NO5. The molecule has 2 aromatic carbocycles. The summed E-state index contributed by atoms with van der Waals surface area (Å²) in [6, 6.07) is 13.7. The Morgan fingerprint density at radius 1 is 1.06 bits per heavy atom. The van der Waals surface area contributed by atoms with Gasteiger partial charge in [-0.1, -0.05) is 36.9 Å². The Hall–Kier alpha value is -3.93. The lowest BCUT2D eigenvalue weighted by Gasteiger charge is -2.20. The minimum Gasteiger partial charge on any atom is -0.478 e. The van der Waals surface area contributed by atoms with Crippen molar-refractivity contribution in [3.63, 3.8) is 0 Å². The molecule has 3 aromatic rings. The van der Waals surface area contributed by atoms with Crippen LogP contribution in [0.25, 0.3) is 22.6 Å². The van der Waals surface area contributed by atoms with Gasteiger partial charge in [0.1, 0.15) is 11.1 Å². The number of anilines is 1. The minimum absolute atomic E-state index is 0.00969. The molecule has 3 rings (SSSR count). The second-order valence-corrected chi connectivity index (χ2v) is 6.95. The fraction of sp³-hybridized carbons (Fsp3) is 0.160. The maximum atomic E-state index is 12.6. The zero-order valence-corrected chi connectivity index (χ0v) is 17.4. The Bertz CT molecular complexity index is 1230. The number of carbonyl (C=O) groups is 2. The second kappa shape index (κ2) is 9.26. The summed E-state index contributed by atoms with van der Waals surface area (Å²) in [5.74, 6) is -1.56. The normalized spacial score (nSPS) is 11.0. The summed E-state index contributed by atoms with van der Waals surface area (Å²) >= 11 is 0. The van der Waals surface area contributed by atoms with Gasteiger partial charge in [-0.05, 0) is 49.2 Å². The van der Waals surface area contributed by atoms with Crippen LogP contribution in [-0.2, 0) is 4.79 Å². The molecular weight excluding hydrogens is 394 g/mol. The standard InChI is InChI=1S/C25H23NO5/c1-4-26(5-2)20-12-11-19-14-21(25(30)31-23(19)15-20)22(27)13-8-17-6-9-18(10-7-17)16(3)24(28)29/h6-15H,3-5H2,1-2H3,(H,28,29)/b13-8+. The van der Waals surface area contributed by atoms with Crippen molar-refractivity contribution in [2.45, 2.75) is 13.8 Å². The third-order valence-corrected chi connectivity index (χ3v) is 5.06. The van der Waals surface area contributed by atoms with Crippen LogP contribution in [-0.4, -0.2) is 29.9 Å². The number of fused-ring (bicyclic) bond motifs is 1. The first-order valence-electron chi connectivity index (χ1n) is 9.92. The molecule has 0 unspecified atom stereocenters. The predicted octanol–water partition coefficient (Wildman–Crippen LogP) is 4.63. The average molecular weight is 417 g/mol. The molecule has 1 heterocycles. The van der Waals surface area contributed by atoms with E-state index in [1.807, 2.05) is 26.0 Å².